The first-order valence-electron chi connectivity index (χ1n) is 11.5. The Balaban J connectivity index is 1.17. The molecule has 4 aliphatic carbocycles. The van der Waals surface area contributed by atoms with Gasteiger partial charge in [-0.1, -0.05) is 17.7 Å². The molecule has 2 amide bonds. The number of likely N-dealkylation sites (tertiary alicyclic amines) is 1. The number of nitrogens with one attached hydrogen (secondary N) is 1. The van der Waals surface area contributed by atoms with Crippen molar-refractivity contribution in [3.63, 3.8) is 0 Å². The summed E-state index contributed by atoms with van der Waals surface area (Å²) in [7, 11) is 0. The summed E-state index contributed by atoms with van der Waals surface area (Å²) in [6.45, 7) is 0.940. The number of nitrogens with two attached hydrogens (primary N) is 1. The van der Waals surface area contributed by atoms with E-state index in [-0.39, 0.29) is 41.7 Å². The number of halogens is 1. The predicted octanol–water partition coefficient (Wildman–Crippen LogP) is 3.05. The fourth-order valence-electron chi connectivity index (χ4n) is 7.27. The Hall–Kier alpha value is -2.48. The smallest absolute Gasteiger partial charge is 0.410 e. The predicted molar refractivity (Wildman–Crippen MR) is 118 cm³/mol. The Kier molecular flexibility index (Phi) is 4.41. The van der Waals surface area contributed by atoms with Crippen LogP contribution in [0.1, 0.15) is 44.6 Å². The number of hydrogen-bond acceptors (Lipinski definition) is 4. The van der Waals surface area contributed by atoms with E-state index in [0.717, 1.165) is 32.1 Å². The number of primary amides is 1. The first kappa shape index (κ1) is 20.1. The molecule has 32 heavy (non-hydrogen) atoms. The summed E-state index contributed by atoms with van der Waals surface area (Å²) in [5.41, 5.74) is 6.53. The molecule has 3 N–H and O–H groups in total. The van der Waals surface area contributed by atoms with E-state index in [1.54, 1.807) is 21.6 Å². The summed E-state index contributed by atoms with van der Waals surface area (Å²) in [4.78, 5) is 42.4. The van der Waals surface area contributed by atoms with Crippen molar-refractivity contribution in [2.75, 3.05) is 13.1 Å². The van der Waals surface area contributed by atoms with Crippen LogP contribution in [0.25, 0.3) is 11.0 Å². The largest absolute Gasteiger partial charge is 0.446 e. The Labute approximate surface area is 190 Å². The molecule has 1 saturated heterocycles. The summed E-state index contributed by atoms with van der Waals surface area (Å²) in [5.74, 6) is 0.758. The van der Waals surface area contributed by atoms with E-state index in [0.29, 0.717) is 41.5 Å². The summed E-state index contributed by atoms with van der Waals surface area (Å²) >= 11 is 6.37. The second-order valence-corrected chi connectivity index (χ2v) is 10.7. The average Bonchev–Trinajstić information content (AvgIpc) is 3.34. The number of imidazole rings is 1. The molecule has 0 spiro atoms. The van der Waals surface area contributed by atoms with Crippen LogP contribution in [0.3, 0.4) is 0 Å². The summed E-state index contributed by atoms with van der Waals surface area (Å²) in [5, 5.41) is 0.513. The number of H-pyrrole nitrogens is 1. The van der Waals surface area contributed by atoms with Crippen LogP contribution < -0.4 is 11.4 Å². The van der Waals surface area contributed by atoms with Gasteiger partial charge in [0.25, 0.3) is 0 Å². The standard InChI is InChI=1S/C23H27ClN4O4/c24-16-2-1-3-17-18(16)28(21(30)26-17)15-4-5-27(11-15)22(31)32-19-13-6-12-7-14(19)10-23(8-12,9-13)20(25)29/h1-3,12-15,19H,4-11H2,(H2,25,29)(H,26,30)/t12?,13?,14?,15-,19?,23?/m0/s1. The number of aromatic amines is 1. The number of rotatable bonds is 3. The molecule has 0 radical (unpaired) electrons. The van der Waals surface area contributed by atoms with Gasteiger partial charge in [-0.05, 0) is 68.4 Å². The van der Waals surface area contributed by atoms with E-state index in [9.17, 15) is 14.4 Å². The monoisotopic (exact) mass is 458 g/mol. The van der Waals surface area contributed by atoms with Crippen LogP contribution in [0.2, 0.25) is 5.02 Å². The number of carbonyl (C=O) groups is 2. The first-order valence-corrected chi connectivity index (χ1v) is 11.9. The molecule has 1 aliphatic heterocycles. The van der Waals surface area contributed by atoms with Crippen molar-refractivity contribution in [3.05, 3.63) is 33.7 Å². The first-order chi connectivity index (χ1) is 15.3. The van der Waals surface area contributed by atoms with Crippen molar-refractivity contribution < 1.29 is 14.3 Å². The highest BCUT2D eigenvalue weighted by molar-refractivity contribution is 6.34. The Morgan fingerprint density at radius 3 is 2.66 bits per heavy atom. The zero-order valence-electron chi connectivity index (χ0n) is 17.8. The van der Waals surface area contributed by atoms with Crippen molar-refractivity contribution in [3.8, 4) is 0 Å². The van der Waals surface area contributed by atoms with Gasteiger partial charge >= 0.3 is 11.8 Å². The van der Waals surface area contributed by atoms with E-state index < -0.39 is 5.41 Å². The zero-order chi connectivity index (χ0) is 22.2. The minimum absolute atomic E-state index is 0.143. The number of ether oxygens (including phenoxy) is 1. The Morgan fingerprint density at radius 1 is 1.19 bits per heavy atom. The van der Waals surface area contributed by atoms with Gasteiger partial charge in [-0.15, -0.1) is 0 Å². The molecule has 5 aliphatic rings. The number of benzene rings is 1. The van der Waals surface area contributed by atoms with E-state index >= 15 is 0 Å². The van der Waals surface area contributed by atoms with Crippen LogP contribution in [-0.2, 0) is 9.53 Å². The van der Waals surface area contributed by atoms with E-state index in [4.69, 9.17) is 22.1 Å². The lowest BCUT2D eigenvalue weighted by Gasteiger charge is -2.58. The van der Waals surface area contributed by atoms with Gasteiger partial charge in [0, 0.05) is 13.1 Å². The number of amides is 2. The number of hydrogen-bond donors (Lipinski definition) is 2. The second kappa shape index (κ2) is 7.01. The highest BCUT2D eigenvalue weighted by Crippen LogP contribution is 2.60. The molecule has 8 nitrogen and oxygen atoms in total. The molecular weight excluding hydrogens is 432 g/mol. The maximum absolute atomic E-state index is 13.1. The lowest BCUT2D eigenvalue weighted by atomic mass is 9.48. The number of aromatic nitrogens is 2. The molecular formula is C23H27ClN4O4. The van der Waals surface area contributed by atoms with Crippen molar-refractivity contribution in [1.29, 1.82) is 0 Å². The quantitative estimate of drug-likeness (QED) is 0.736. The Morgan fingerprint density at radius 2 is 1.94 bits per heavy atom. The molecule has 5 fully saturated rings. The molecule has 170 valence electrons. The molecule has 1 aromatic heterocycles. The van der Waals surface area contributed by atoms with Crippen LogP contribution >= 0.6 is 11.6 Å². The molecule has 9 heteroatoms. The van der Waals surface area contributed by atoms with E-state index in [1.807, 2.05) is 6.07 Å². The number of para-hydroxylation sites is 1. The van der Waals surface area contributed by atoms with Crippen LogP contribution in [0.4, 0.5) is 4.79 Å². The summed E-state index contributed by atoms with van der Waals surface area (Å²) < 4.78 is 7.73. The van der Waals surface area contributed by atoms with E-state index in [2.05, 4.69) is 4.98 Å². The van der Waals surface area contributed by atoms with Gasteiger partial charge in [-0.3, -0.25) is 9.36 Å². The summed E-state index contributed by atoms with van der Waals surface area (Å²) in [6.07, 6.45) is 4.58. The SMILES string of the molecule is NC(=O)C12CC3CC(C1)C(OC(=O)N1CC[C@H](n4c(=O)[nH]c5cccc(Cl)c54)C1)C(C3)C2. The van der Waals surface area contributed by atoms with E-state index in [1.165, 1.54) is 0 Å². The van der Waals surface area contributed by atoms with Gasteiger partial charge in [0.15, 0.2) is 0 Å². The van der Waals surface area contributed by atoms with Crippen molar-refractivity contribution >= 4 is 34.6 Å². The maximum Gasteiger partial charge on any atom is 0.410 e. The normalized spacial score (nSPS) is 35.5. The third kappa shape index (κ3) is 2.91. The minimum Gasteiger partial charge on any atom is -0.446 e. The van der Waals surface area contributed by atoms with Gasteiger partial charge in [0.1, 0.15) is 6.10 Å². The molecule has 3 atom stereocenters. The lowest BCUT2D eigenvalue weighted by molar-refractivity contribution is -0.161. The zero-order valence-corrected chi connectivity index (χ0v) is 18.5. The maximum atomic E-state index is 13.1. The van der Waals surface area contributed by atoms with Gasteiger partial charge < -0.3 is 20.4 Å². The Bertz CT molecular complexity index is 1160. The van der Waals surface area contributed by atoms with Gasteiger partial charge in [-0.2, -0.15) is 0 Å². The molecule has 2 unspecified atom stereocenters. The number of carbonyl (C=O) groups excluding carboxylic acids is 2. The summed E-state index contributed by atoms with van der Waals surface area (Å²) in [6, 6.07) is 5.24. The van der Waals surface area contributed by atoms with Crippen molar-refractivity contribution in [2.45, 2.75) is 50.7 Å². The van der Waals surface area contributed by atoms with Crippen LogP contribution in [0.15, 0.2) is 23.0 Å². The molecule has 4 saturated carbocycles. The number of fused-ring (bicyclic) bond motifs is 1. The fourth-order valence-corrected chi connectivity index (χ4v) is 7.53. The van der Waals surface area contributed by atoms with Crippen molar-refractivity contribution in [2.24, 2.45) is 28.9 Å². The third-order valence-corrected chi connectivity index (χ3v) is 8.73. The van der Waals surface area contributed by atoms with Crippen LogP contribution in [0, 0.1) is 23.2 Å². The molecule has 2 aromatic rings. The van der Waals surface area contributed by atoms with Crippen LogP contribution in [-0.4, -0.2) is 45.6 Å². The minimum atomic E-state index is -0.395. The van der Waals surface area contributed by atoms with Gasteiger partial charge in [0.05, 0.1) is 27.5 Å². The third-order valence-electron chi connectivity index (χ3n) is 8.42. The highest BCUT2D eigenvalue weighted by Gasteiger charge is 2.59. The van der Waals surface area contributed by atoms with Gasteiger partial charge in [0.2, 0.25) is 5.91 Å². The fraction of sp³-hybridized carbons (Fsp3) is 0.609. The molecule has 2 heterocycles. The van der Waals surface area contributed by atoms with Gasteiger partial charge in [-0.25, -0.2) is 9.59 Å². The molecule has 7 rings (SSSR count). The topological polar surface area (TPSA) is 110 Å². The molecule has 1 aromatic carbocycles. The molecule has 4 bridgehead atoms. The van der Waals surface area contributed by atoms with Crippen LogP contribution in [0.5, 0.6) is 0 Å². The lowest BCUT2D eigenvalue weighted by Crippen LogP contribution is -2.59. The average molecular weight is 459 g/mol. The second-order valence-electron chi connectivity index (χ2n) is 10.3. The highest BCUT2D eigenvalue weighted by atomic mass is 35.5. The number of nitrogens with zero attached hydrogens (tertiary/aromatic N) is 2. The van der Waals surface area contributed by atoms with Crippen molar-refractivity contribution in [1.82, 2.24) is 14.5 Å².